The first-order chi connectivity index (χ1) is 14.1. The van der Waals surface area contributed by atoms with Crippen LogP contribution >= 0.6 is 24.0 Å². The number of aliphatic imine (C=N–C) groups is 1. The van der Waals surface area contributed by atoms with Crippen LogP contribution in [0.2, 0.25) is 0 Å². The zero-order valence-corrected chi connectivity index (χ0v) is 20.9. The van der Waals surface area contributed by atoms with Crippen LogP contribution < -0.4 is 5.32 Å². The molecule has 30 heavy (non-hydrogen) atoms. The smallest absolute Gasteiger partial charge is 0.194 e. The summed E-state index contributed by atoms with van der Waals surface area (Å²) in [4.78, 5) is 9.51. The van der Waals surface area contributed by atoms with E-state index in [9.17, 15) is 0 Å². The molecular formula is C24H35IN4O. The fourth-order valence-electron chi connectivity index (χ4n) is 3.77. The molecule has 1 saturated heterocycles. The van der Waals surface area contributed by atoms with E-state index in [2.05, 4.69) is 91.6 Å². The molecule has 2 aromatic carbocycles. The second kappa shape index (κ2) is 12.3. The molecule has 1 heterocycles. The number of ether oxygens (including phenoxy) is 1. The quantitative estimate of drug-likeness (QED) is 0.351. The van der Waals surface area contributed by atoms with Gasteiger partial charge in [-0.3, -0.25) is 0 Å². The fourth-order valence-corrected chi connectivity index (χ4v) is 3.77. The molecule has 0 radical (unpaired) electrons. The SMILES string of the molecule is CCNC(=NCc1ccccc1CN(C)C)N1CCOC(c2ccccc2C)C1.I. The Morgan fingerprint density at radius 3 is 2.53 bits per heavy atom. The lowest BCUT2D eigenvalue weighted by atomic mass is 10.0. The van der Waals surface area contributed by atoms with Crippen LogP contribution in [-0.4, -0.2) is 56.1 Å². The van der Waals surface area contributed by atoms with Gasteiger partial charge in [-0.05, 0) is 50.2 Å². The maximum Gasteiger partial charge on any atom is 0.194 e. The third-order valence-electron chi connectivity index (χ3n) is 5.24. The third-order valence-corrected chi connectivity index (χ3v) is 5.24. The maximum atomic E-state index is 6.10. The number of nitrogens with zero attached hydrogens (tertiary/aromatic N) is 3. The summed E-state index contributed by atoms with van der Waals surface area (Å²) in [7, 11) is 4.20. The summed E-state index contributed by atoms with van der Waals surface area (Å²) >= 11 is 0. The monoisotopic (exact) mass is 522 g/mol. The molecule has 1 aliphatic rings. The highest BCUT2D eigenvalue weighted by Gasteiger charge is 2.25. The number of hydrogen-bond acceptors (Lipinski definition) is 3. The predicted octanol–water partition coefficient (Wildman–Crippen LogP) is 4.21. The highest BCUT2D eigenvalue weighted by molar-refractivity contribution is 14.0. The van der Waals surface area contributed by atoms with Gasteiger partial charge in [0.15, 0.2) is 5.96 Å². The van der Waals surface area contributed by atoms with Crippen LogP contribution in [-0.2, 0) is 17.8 Å². The average Bonchev–Trinajstić information content (AvgIpc) is 2.72. The number of aryl methyl sites for hydroxylation is 1. The number of benzene rings is 2. The Hall–Kier alpha value is -1.64. The minimum absolute atomic E-state index is 0. The number of nitrogens with one attached hydrogen (secondary N) is 1. The Balaban J connectivity index is 0.00000320. The Kier molecular flexibility index (Phi) is 10.1. The Morgan fingerprint density at radius 1 is 1.13 bits per heavy atom. The van der Waals surface area contributed by atoms with E-state index in [0.29, 0.717) is 13.2 Å². The van der Waals surface area contributed by atoms with E-state index >= 15 is 0 Å². The van der Waals surface area contributed by atoms with Crippen molar-refractivity contribution in [2.45, 2.75) is 33.0 Å². The summed E-state index contributed by atoms with van der Waals surface area (Å²) in [6.45, 7) is 9.11. The molecule has 1 aliphatic heterocycles. The van der Waals surface area contributed by atoms with Crippen molar-refractivity contribution in [3.63, 3.8) is 0 Å². The summed E-state index contributed by atoms with van der Waals surface area (Å²) < 4.78 is 6.10. The molecule has 1 fully saturated rings. The summed E-state index contributed by atoms with van der Waals surface area (Å²) in [6, 6.07) is 17.1. The van der Waals surface area contributed by atoms with Crippen LogP contribution in [0.15, 0.2) is 53.5 Å². The lowest BCUT2D eigenvalue weighted by Gasteiger charge is -2.36. The van der Waals surface area contributed by atoms with Crippen molar-refractivity contribution in [3.8, 4) is 0 Å². The number of hydrogen-bond donors (Lipinski definition) is 1. The predicted molar refractivity (Wildman–Crippen MR) is 136 cm³/mol. The van der Waals surface area contributed by atoms with Crippen LogP contribution in [0.4, 0.5) is 0 Å². The van der Waals surface area contributed by atoms with Crippen molar-refractivity contribution in [2.24, 2.45) is 4.99 Å². The standard InChI is InChI=1S/C24H34N4O.HI/c1-5-25-24(26-16-20-11-7-8-12-21(20)17-27(3)4)28-14-15-29-23(18-28)22-13-9-6-10-19(22)2;/h6-13,23H,5,14-18H2,1-4H3,(H,25,26);1H. The number of guanidine groups is 1. The molecule has 6 heteroatoms. The van der Waals surface area contributed by atoms with Gasteiger partial charge in [0.25, 0.3) is 0 Å². The van der Waals surface area contributed by atoms with Gasteiger partial charge in [-0.2, -0.15) is 0 Å². The van der Waals surface area contributed by atoms with Crippen LogP contribution in [0.3, 0.4) is 0 Å². The number of rotatable bonds is 6. The zero-order chi connectivity index (χ0) is 20.6. The molecule has 0 amide bonds. The third kappa shape index (κ3) is 6.68. The second-order valence-electron chi connectivity index (χ2n) is 7.84. The van der Waals surface area contributed by atoms with Gasteiger partial charge >= 0.3 is 0 Å². The Morgan fingerprint density at radius 2 is 1.83 bits per heavy atom. The van der Waals surface area contributed by atoms with Crippen molar-refractivity contribution in [2.75, 3.05) is 40.3 Å². The molecule has 1 unspecified atom stereocenters. The van der Waals surface area contributed by atoms with Gasteiger partial charge in [0.1, 0.15) is 6.10 Å². The Labute approximate surface area is 198 Å². The molecule has 0 aliphatic carbocycles. The molecule has 0 saturated carbocycles. The molecule has 0 aromatic heterocycles. The highest BCUT2D eigenvalue weighted by Crippen LogP contribution is 2.25. The van der Waals surface area contributed by atoms with E-state index in [4.69, 9.17) is 9.73 Å². The van der Waals surface area contributed by atoms with Gasteiger partial charge in [-0.25, -0.2) is 4.99 Å². The van der Waals surface area contributed by atoms with E-state index in [1.54, 1.807) is 0 Å². The van der Waals surface area contributed by atoms with Gasteiger partial charge in [0, 0.05) is 19.6 Å². The van der Waals surface area contributed by atoms with Crippen molar-refractivity contribution in [1.82, 2.24) is 15.1 Å². The second-order valence-corrected chi connectivity index (χ2v) is 7.84. The normalized spacial score (nSPS) is 17.0. The van der Waals surface area contributed by atoms with E-state index in [1.165, 1.54) is 22.3 Å². The molecule has 164 valence electrons. The first-order valence-electron chi connectivity index (χ1n) is 10.5. The zero-order valence-electron chi connectivity index (χ0n) is 18.6. The van der Waals surface area contributed by atoms with Crippen LogP contribution in [0.1, 0.15) is 35.3 Å². The fraction of sp³-hybridized carbons (Fsp3) is 0.458. The molecule has 0 spiro atoms. The lowest BCUT2D eigenvalue weighted by Crippen LogP contribution is -2.48. The Bertz CT molecular complexity index is 824. The molecule has 1 N–H and O–H groups in total. The van der Waals surface area contributed by atoms with Crippen molar-refractivity contribution in [3.05, 3.63) is 70.8 Å². The van der Waals surface area contributed by atoms with Gasteiger partial charge in [-0.1, -0.05) is 48.5 Å². The molecule has 3 rings (SSSR count). The van der Waals surface area contributed by atoms with E-state index < -0.39 is 0 Å². The molecular weight excluding hydrogens is 487 g/mol. The molecule has 0 bridgehead atoms. The van der Waals surface area contributed by atoms with Gasteiger partial charge in [0.2, 0.25) is 0 Å². The van der Waals surface area contributed by atoms with E-state index in [1.807, 2.05) is 0 Å². The number of halogens is 1. The van der Waals surface area contributed by atoms with E-state index in [0.717, 1.165) is 32.1 Å². The minimum Gasteiger partial charge on any atom is -0.370 e. The van der Waals surface area contributed by atoms with Gasteiger partial charge in [-0.15, -0.1) is 24.0 Å². The van der Waals surface area contributed by atoms with Crippen molar-refractivity contribution in [1.29, 1.82) is 0 Å². The largest absolute Gasteiger partial charge is 0.370 e. The van der Waals surface area contributed by atoms with Gasteiger partial charge < -0.3 is 19.9 Å². The lowest BCUT2D eigenvalue weighted by molar-refractivity contribution is -0.00834. The summed E-state index contributed by atoms with van der Waals surface area (Å²) in [5.41, 5.74) is 5.15. The summed E-state index contributed by atoms with van der Waals surface area (Å²) in [5, 5.41) is 3.48. The van der Waals surface area contributed by atoms with Crippen LogP contribution in [0.25, 0.3) is 0 Å². The van der Waals surface area contributed by atoms with E-state index in [-0.39, 0.29) is 30.1 Å². The molecule has 5 nitrogen and oxygen atoms in total. The highest BCUT2D eigenvalue weighted by atomic mass is 127. The first-order valence-corrected chi connectivity index (χ1v) is 10.5. The molecule has 1 atom stereocenters. The van der Waals surface area contributed by atoms with Gasteiger partial charge in [0.05, 0.1) is 19.7 Å². The average molecular weight is 522 g/mol. The first kappa shape index (κ1) is 24.6. The van der Waals surface area contributed by atoms with Crippen LogP contribution in [0.5, 0.6) is 0 Å². The van der Waals surface area contributed by atoms with Crippen molar-refractivity contribution < 1.29 is 4.74 Å². The number of morpholine rings is 1. The summed E-state index contributed by atoms with van der Waals surface area (Å²) in [6.07, 6.45) is 0.0785. The van der Waals surface area contributed by atoms with Crippen molar-refractivity contribution >= 4 is 29.9 Å². The van der Waals surface area contributed by atoms with Crippen LogP contribution in [0, 0.1) is 6.92 Å². The minimum atomic E-state index is 0. The topological polar surface area (TPSA) is 40.1 Å². The maximum absolute atomic E-state index is 6.10. The summed E-state index contributed by atoms with van der Waals surface area (Å²) in [5.74, 6) is 0.967. The molecule has 2 aromatic rings.